The lowest BCUT2D eigenvalue weighted by atomic mass is 10.1. The summed E-state index contributed by atoms with van der Waals surface area (Å²) in [7, 11) is 0. The van der Waals surface area contributed by atoms with Gasteiger partial charge in [0.1, 0.15) is 11.3 Å². The van der Waals surface area contributed by atoms with Crippen LogP contribution in [0.1, 0.15) is 15.9 Å². The van der Waals surface area contributed by atoms with Crippen molar-refractivity contribution in [3.8, 4) is 28.3 Å². The van der Waals surface area contributed by atoms with Crippen molar-refractivity contribution in [3.63, 3.8) is 0 Å². The number of anilines is 1. The molecule has 0 radical (unpaired) electrons. The van der Waals surface area contributed by atoms with Gasteiger partial charge in [0.15, 0.2) is 0 Å². The lowest BCUT2D eigenvalue weighted by molar-refractivity contribution is 0.0693. The molecule has 1 heterocycles. The SMILES string of the molecule is O=C(O)c1ccc(C=NNc2nc(-c3ccccc3)cc(-c3ccc(Br)cc3)n2)cc1O. The average molecular weight is 489 g/mol. The second-order valence-corrected chi connectivity index (χ2v) is 7.70. The molecule has 3 N–H and O–H groups in total. The summed E-state index contributed by atoms with van der Waals surface area (Å²) in [6, 6.07) is 23.7. The molecule has 0 aliphatic carbocycles. The molecule has 7 nitrogen and oxygen atoms in total. The van der Waals surface area contributed by atoms with E-state index in [-0.39, 0.29) is 11.3 Å². The number of phenols is 1. The molecule has 32 heavy (non-hydrogen) atoms. The van der Waals surface area contributed by atoms with Crippen LogP contribution >= 0.6 is 15.9 Å². The van der Waals surface area contributed by atoms with Gasteiger partial charge in [0.25, 0.3) is 0 Å². The van der Waals surface area contributed by atoms with Crippen LogP contribution in [0.4, 0.5) is 5.95 Å². The Balaban J connectivity index is 1.65. The van der Waals surface area contributed by atoms with Crippen LogP contribution in [-0.2, 0) is 0 Å². The maximum Gasteiger partial charge on any atom is 0.339 e. The molecule has 0 spiro atoms. The number of nitrogens with one attached hydrogen (secondary N) is 1. The Hall–Kier alpha value is -4.04. The van der Waals surface area contributed by atoms with Crippen LogP contribution in [0.15, 0.2) is 88.4 Å². The minimum absolute atomic E-state index is 0.173. The standard InChI is InChI=1S/C24H17BrN4O3/c25-18-9-7-17(8-10-18)21-13-20(16-4-2-1-3-5-16)27-24(28-21)29-26-14-15-6-11-19(23(31)32)22(30)12-15/h1-14,30H,(H,31,32)(H,27,28,29). The first-order valence-corrected chi connectivity index (χ1v) is 10.3. The number of carboxylic acids is 1. The lowest BCUT2D eigenvalue weighted by Crippen LogP contribution is -2.01. The highest BCUT2D eigenvalue weighted by atomic mass is 79.9. The Bertz CT molecular complexity index is 1290. The van der Waals surface area contributed by atoms with Gasteiger partial charge in [0, 0.05) is 15.6 Å². The van der Waals surface area contributed by atoms with E-state index in [1.54, 1.807) is 6.07 Å². The number of aromatic carboxylic acids is 1. The molecule has 0 saturated heterocycles. The fourth-order valence-electron chi connectivity index (χ4n) is 3.00. The van der Waals surface area contributed by atoms with Crippen LogP contribution in [0.25, 0.3) is 22.5 Å². The molecule has 3 aromatic carbocycles. The first kappa shape index (κ1) is 21.2. The van der Waals surface area contributed by atoms with Crippen LogP contribution in [0, 0.1) is 0 Å². The molecule has 0 aliphatic heterocycles. The number of aromatic hydroxyl groups is 1. The van der Waals surface area contributed by atoms with E-state index in [1.807, 2.05) is 60.7 Å². The molecule has 158 valence electrons. The molecule has 0 aliphatic rings. The molecule has 0 unspecified atom stereocenters. The molecule has 1 aromatic heterocycles. The Morgan fingerprint density at radius 2 is 1.56 bits per heavy atom. The average Bonchev–Trinajstić information content (AvgIpc) is 2.80. The van der Waals surface area contributed by atoms with Crippen LogP contribution in [0.2, 0.25) is 0 Å². The second-order valence-electron chi connectivity index (χ2n) is 6.79. The molecule has 0 bridgehead atoms. The predicted molar refractivity (Wildman–Crippen MR) is 127 cm³/mol. The Kier molecular flexibility index (Phi) is 6.23. The van der Waals surface area contributed by atoms with Gasteiger partial charge in [0.05, 0.1) is 17.6 Å². The van der Waals surface area contributed by atoms with Crippen LogP contribution in [0.3, 0.4) is 0 Å². The molecule has 4 aromatic rings. The molecule has 8 heteroatoms. The van der Waals surface area contributed by atoms with Crippen molar-refractivity contribution in [2.45, 2.75) is 0 Å². The lowest BCUT2D eigenvalue weighted by Gasteiger charge is -2.08. The predicted octanol–water partition coefficient (Wildman–Crippen LogP) is 5.42. The molecule has 0 saturated carbocycles. The Labute approximate surface area is 192 Å². The van der Waals surface area contributed by atoms with E-state index in [2.05, 4.69) is 36.4 Å². The van der Waals surface area contributed by atoms with Crippen molar-refractivity contribution in [1.29, 1.82) is 0 Å². The van der Waals surface area contributed by atoms with Gasteiger partial charge < -0.3 is 10.2 Å². The number of hydrogen-bond donors (Lipinski definition) is 3. The third kappa shape index (κ3) is 4.98. The van der Waals surface area contributed by atoms with E-state index in [0.717, 1.165) is 27.0 Å². The van der Waals surface area contributed by atoms with Crippen molar-refractivity contribution in [3.05, 3.63) is 94.5 Å². The number of nitrogens with zero attached hydrogens (tertiary/aromatic N) is 3. The summed E-state index contributed by atoms with van der Waals surface area (Å²) in [5, 5.41) is 23.0. The van der Waals surface area contributed by atoms with Gasteiger partial charge in [-0.25, -0.2) is 20.2 Å². The zero-order chi connectivity index (χ0) is 22.5. The molecular weight excluding hydrogens is 472 g/mol. The van der Waals surface area contributed by atoms with E-state index in [9.17, 15) is 9.90 Å². The zero-order valence-electron chi connectivity index (χ0n) is 16.6. The Morgan fingerprint density at radius 1 is 0.906 bits per heavy atom. The maximum atomic E-state index is 11.0. The van der Waals surface area contributed by atoms with Crippen molar-refractivity contribution in [1.82, 2.24) is 9.97 Å². The molecular formula is C24H17BrN4O3. The van der Waals surface area contributed by atoms with Gasteiger partial charge in [-0.2, -0.15) is 5.10 Å². The minimum Gasteiger partial charge on any atom is -0.507 e. The van der Waals surface area contributed by atoms with Gasteiger partial charge in [-0.05, 0) is 35.9 Å². The van der Waals surface area contributed by atoms with Crippen molar-refractivity contribution in [2.75, 3.05) is 5.43 Å². The maximum absolute atomic E-state index is 11.0. The third-order valence-electron chi connectivity index (χ3n) is 4.57. The summed E-state index contributed by atoms with van der Waals surface area (Å²) in [6.45, 7) is 0. The van der Waals surface area contributed by atoms with Crippen LogP contribution in [-0.4, -0.2) is 32.4 Å². The highest BCUT2D eigenvalue weighted by Gasteiger charge is 2.10. The summed E-state index contributed by atoms with van der Waals surface area (Å²) in [6.07, 6.45) is 1.45. The Morgan fingerprint density at radius 3 is 2.19 bits per heavy atom. The number of benzene rings is 3. The van der Waals surface area contributed by atoms with Gasteiger partial charge in [-0.1, -0.05) is 64.5 Å². The molecule has 0 fully saturated rings. The van der Waals surface area contributed by atoms with E-state index in [1.165, 1.54) is 18.3 Å². The quantitative estimate of drug-likeness (QED) is 0.247. The first-order chi connectivity index (χ1) is 15.5. The topological polar surface area (TPSA) is 108 Å². The molecule has 4 rings (SSSR count). The van der Waals surface area contributed by atoms with Crippen molar-refractivity contribution in [2.24, 2.45) is 5.10 Å². The number of rotatable bonds is 6. The largest absolute Gasteiger partial charge is 0.507 e. The van der Waals surface area contributed by atoms with E-state index >= 15 is 0 Å². The second kappa shape index (κ2) is 9.40. The van der Waals surface area contributed by atoms with E-state index in [4.69, 9.17) is 5.11 Å². The summed E-state index contributed by atoms with van der Waals surface area (Å²) < 4.78 is 0.971. The number of hydrogen-bond acceptors (Lipinski definition) is 6. The van der Waals surface area contributed by atoms with Crippen LogP contribution in [0.5, 0.6) is 5.75 Å². The number of hydrazone groups is 1. The normalized spacial score (nSPS) is 10.9. The number of aromatic nitrogens is 2. The van der Waals surface area contributed by atoms with Gasteiger partial charge >= 0.3 is 5.97 Å². The summed E-state index contributed by atoms with van der Waals surface area (Å²) in [4.78, 5) is 20.2. The van der Waals surface area contributed by atoms with E-state index in [0.29, 0.717) is 11.5 Å². The highest BCUT2D eigenvalue weighted by Crippen LogP contribution is 2.26. The van der Waals surface area contributed by atoms with Crippen molar-refractivity contribution >= 4 is 34.1 Å². The smallest absolute Gasteiger partial charge is 0.339 e. The highest BCUT2D eigenvalue weighted by molar-refractivity contribution is 9.10. The fraction of sp³-hybridized carbons (Fsp3) is 0. The van der Waals surface area contributed by atoms with Crippen LogP contribution < -0.4 is 5.43 Å². The zero-order valence-corrected chi connectivity index (χ0v) is 18.2. The van der Waals surface area contributed by atoms with E-state index < -0.39 is 5.97 Å². The summed E-state index contributed by atoms with van der Waals surface area (Å²) >= 11 is 3.44. The first-order valence-electron chi connectivity index (χ1n) is 9.55. The van der Waals surface area contributed by atoms with Gasteiger partial charge in [-0.15, -0.1) is 0 Å². The third-order valence-corrected chi connectivity index (χ3v) is 5.09. The number of carboxylic acid groups (broad SMARTS) is 1. The number of halogens is 1. The molecule has 0 atom stereocenters. The number of carbonyl (C=O) groups is 1. The summed E-state index contributed by atoms with van der Waals surface area (Å²) in [5.41, 5.74) is 6.50. The fourth-order valence-corrected chi connectivity index (χ4v) is 3.26. The van der Waals surface area contributed by atoms with Crippen molar-refractivity contribution < 1.29 is 15.0 Å². The van der Waals surface area contributed by atoms with Gasteiger partial charge in [0.2, 0.25) is 5.95 Å². The molecule has 0 amide bonds. The summed E-state index contributed by atoms with van der Waals surface area (Å²) in [5.74, 6) is -1.23. The van der Waals surface area contributed by atoms with Gasteiger partial charge in [-0.3, -0.25) is 0 Å². The monoisotopic (exact) mass is 488 g/mol. The minimum atomic E-state index is -1.20.